The molecule has 1 atom stereocenters. The number of nitrogens with one attached hydrogen (secondary N) is 1. The summed E-state index contributed by atoms with van der Waals surface area (Å²) in [5.74, 6) is -1.19. The zero-order chi connectivity index (χ0) is 15.2. The Labute approximate surface area is 121 Å². The van der Waals surface area contributed by atoms with Crippen molar-refractivity contribution in [2.24, 2.45) is 0 Å². The first-order valence-corrected chi connectivity index (χ1v) is 6.44. The van der Waals surface area contributed by atoms with E-state index in [1.165, 1.54) is 18.7 Å². The van der Waals surface area contributed by atoms with Gasteiger partial charge in [-0.15, -0.1) is 0 Å². The maximum absolute atomic E-state index is 11.9. The highest BCUT2D eigenvalue weighted by atomic mass is 16.4. The molecule has 1 amide bonds. The first kappa shape index (κ1) is 14.6. The van der Waals surface area contributed by atoms with Gasteiger partial charge in [0.05, 0.1) is 12.0 Å². The summed E-state index contributed by atoms with van der Waals surface area (Å²) in [4.78, 5) is 30.2. The second kappa shape index (κ2) is 6.60. The van der Waals surface area contributed by atoms with E-state index in [0.717, 1.165) is 5.56 Å². The van der Waals surface area contributed by atoms with Gasteiger partial charge in [0.1, 0.15) is 6.33 Å². The molecule has 0 radical (unpaired) electrons. The first-order chi connectivity index (χ1) is 10.1. The number of carbonyl (C=O) groups is 2. The van der Waals surface area contributed by atoms with Crippen molar-refractivity contribution in [2.45, 2.75) is 19.3 Å². The quantitative estimate of drug-likeness (QED) is 0.879. The molecular weight excluding hydrogens is 270 g/mol. The number of hydrogen-bond donors (Lipinski definition) is 2. The van der Waals surface area contributed by atoms with Crippen molar-refractivity contribution in [1.29, 1.82) is 0 Å². The molecular formula is C15H15N3O3. The highest BCUT2D eigenvalue weighted by molar-refractivity contribution is 6.03. The third-order valence-electron chi connectivity index (χ3n) is 3.04. The Bertz CT molecular complexity index is 626. The van der Waals surface area contributed by atoms with Crippen molar-refractivity contribution in [3.05, 3.63) is 54.1 Å². The molecule has 6 heteroatoms. The molecule has 1 aromatic heterocycles. The average Bonchev–Trinajstić information content (AvgIpc) is 2.48. The van der Waals surface area contributed by atoms with Gasteiger partial charge in [-0.3, -0.25) is 9.59 Å². The molecule has 0 aliphatic carbocycles. The Balaban J connectivity index is 2.03. The third kappa shape index (κ3) is 4.10. The SMILES string of the molecule is CC(CC(=O)O)c1ccc(NC(=O)c2cncnc2)cc1. The minimum atomic E-state index is -0.830. The van der Waals surface area contributed by atoms with E-state index < -0.39 is 5.97 Å². The van der Waals surface area contributed by atoms with Crippen LogP contribution in [0.3, 0.4) is 0 Å². The zero-order valence-corrected chi connectivity index (χ0v) is 11.5. The molecule has 1 heterocycles. The van der Waals surface area contributed by atoms with E-state index in [1.807, 2.05) is 19.1 Å². The number of carboxylic acid groups (broad SMARTS) is 1. The standard InChI is InChI=1S/C15H15N3O3/c1-10(6-14(19)20)11-2-4-13(5-3-11)18-15(21)12-7-16-9-17-8-12/h2-5,7-10H,6H2,1H3,(H,18,21)(H,19,20). The minimum Gasteiger partial charge on any atom is -0.481 e. The maximum Gasteiger partial charge on any atom is 0.303 e. The molecule has 0 saturated heterocycles. The summed E-state index contributed by atoms with van der Waals surface area (Å²) in [6, 6.07) is 7.11. The lowest BCUT2D eigenvalue weighted by atomic mass is 9.98. The molecule has 1 aromatic carbocycles. The Morgan fingerprint density at radius 3 is 2.38 bits per heavy atom. The molecule has 2 aromatic rings. The van der Waals surface area contributed by atoms with Crippen molar-refractivity contribution < 1.29 is 14.7 Å². The van der Waals surface area contributed by atoms with E-state index >= 15 is 0 Å². The summed E-state index contributed by atoms with van der Waals surface area (Å²) < 4.78 is 0. The average molecular weight is 285 g/mol. The molecule has 108 valence electrons. The number of hydrogen-bond acceptors (Lipinski definition) is 4. The van der Waals surface area contributed by atoms with Gasteiger partial charge in [-0.1, -0.05) is 19.1 Å². The van der Waals surface area contributed by atoms with Crippen LogP contribution in [0.1, 0.15) is 35.2 Å². The fraction of sp³-hybridized carbons (Fsp3) is 0.200. The highest BCUT2D eigenvalue weighted by Gasteiger charge is 2.11. The molecule has 0 spiro atoms. The summed E-state index contributed by atoms with van der Waals surface area (Å²) in [5.41, 5.74) is 1.93. The Kier molecular flexibility index (Phi) is 4.61. The zero-order valence-electron chi connectivity index (χ0n) is 11.5. The van der Waals surface area contributed by atoms with Gasteiger partial charge in [-0.2, -0.15) is 0 Å². The number of amides is 1. The van der Waals surface area contributed by atoms with Crippen LogP contribution in [-0.2, 0) is 4.79 Å². The van der Waals surface area contributed by atoms with E-state index in [9.17, 15) is 9.59 Å². The molecule has 0 aliphatic heterocycles. The topological polar surface area (TPSA) is 92.2 Å². The van der Waals surface area contributed by atoms with Crippen molar-refractivity contribution in [2.75, 3.05) is 5.32 Å². The largest absolute Gasteiger partial charge is 0.481 e. The van der Waals surface area contributed by atoms with Crippen molar-refractivity contribution >= 4 is 17.6 Å². The van der Waals surface area contributed by atoms with Crippen LogP contribution < -0.4 is 5.32 Å². The summed E-state index contributed by atoms with van der Waals surface area (Å²) in [7, 11) is 0. The number of carboxylic acids is 1. The molecule has 0 bridgehead atoms. The lowest BCUT2D eigenvalue weighted by Gasteiger charge is -2.10. The molecule has 0 fully saturated rings. The van der Waals surface area contributed by atoms with E-state index in [0.29, 0.717) is 11.3 Å². The van der Waals surface area contributed by atoms with E-state index in [1.54, 1.807) is 12.1 Å². The minimum absolute atomic E-state index is 0.0743. The van der Waals surface area contributed by atoms with Gasteiger partial charge in [0.2, 0.25) is 0 Å². The van der Waals surface area contributed by atoms with E-state index in [4.69, 9.17) is 5.11 Å². The second-order valence-electron chi connectivity index (χ2n) is 4.70. The second-order valence-corrected chi connectivity index (χ2v) is 4.70. The number of rotatable bonds is 5. The summed E-state index contributed by atoms with van der Waals surface area (Å²) in [5, 5.41) is 11.5. The number of benzene rings is 1. The van der Waals surface area contributed by atoms with Crippen LogP contribution in [0.25, 0.3) is 0 Å². The molecule has 2 N–H and O–H groups in total. The number of nitrogens with zero attached hydrogens (tertiary/aromatic N) is 2. The molecule has 0 aliphatic rings. The lowest BCUT2D eigenvalue weighted by Crippen LogP contribution is -2.12. The number of aliphatic carboxylic acids is 1. The Morgan fingerprint density at radius 1 is 1.19 bits per heavy atom. The molecule has 1 unspecified atom stereocenters. The smallest absolute Gasteiger partial charge is 0.303 e. The summed E-state index contributed by atoms with van der Waals surface area (Å²) in [6.07, 6.45) is 4.31. The highest BCUT2D eigenvalue weighted by Crippen LogP contribution is 2.21. The van der Waals surface area contributed by atoms with Crippen LogP contribution in [0.15, 0.2) is 43.0 Å². The maximum atomic E-state index is 11.9. The lowest BCUT2D eigenvalue weighted by molar-refractivity contribution is -0.137. The Morgan fingerprint density at radius 2 is 1.81 bits per heavy atom. The van der Waals surface area contributed by atoms with Crippen LogP contribution in [0.2, 0.25) is 0 Å². The number of anilines is 1. The molecule has 2 rings (SSSR count). The van der Waals surface area contributed by atoms with Gasteiger partial charge in [0, 0.05) is 18.1 Å². The number of carbonyl (C=O) groups excluding carboxylic acids is 1. The van der Waals surface area contributed by atoms with Crippen LogP contribution in [0, 0.1) is 0 Å². The van der Waals surface area contributed by atoms with E-state index in [-0.39, 0.29) is 18.2 Å². The van der Waals surface area contributed by atoms with Gasteiger partial charge in [0.15, 0.2) is 0 Å². The van der Waals surface area contributed by atoms with Crippen molar-refractivity contribution in [3.63, 3.8) is 0 Å². The van der Waals surface area contributed by atoms with Gasteiger partial charge in [-0.25, -0.2) is 9.97 Å². The third-order valence-corrected chi connectivity index (χ3v) is 3.04. The number of aromatic nitrogens is 2. The monoisotopic (exact) mass is 285 g/mol. The van der Waals surface area contributed by atoms with Crippen LogP contribution in [0.5, 0.6) is 0 Å². The fourth-order valence-electron chi connectivity index (χ4n) is 1.89. The van der Waals surface area contributed by atoms with Crippen LogP contribution in [-0.4, -0.2) is 27.0 Å². The predicted molar refractivity (Wildman–Crippen MR) is 77.1 cm³/mol. The van der Waals surface area contributed by atoms with Gasteiger partial charge in [-0.05, 0) is 23.6 Å². The molecule has 21 heavy (non-hydrogen) atoms. The summed E-state index contributed by atoms with van der Waals surface area (Å²) in [6.45, 7) is 1.85. The predicted octanol–water partition coefficient (Wildman–Crippen LogP) is 2.31. The van der Waals surface area contributed by atoms with E-state index in [2.05, 4.69) is 15.3 Å². The van der Waals surface area contributed by atoms with Crippen molar-refractivity contribution in [1.82, 2.24) is 9.97 Å². The van der Waals surface area contributed by atoms with Crippen molar-refractivity contribution in [3.8, 4) is 0 Å². The van der Waals surface area contributed by atoms with Gasteiger partial charge < -0.3 is 10.4 Å². The van der Waals surface area contributed by atoms with Crippen LogP contribution in [0.4, 0.5) is 5.69 Å². The molecule has 6 nitrogen and oxygen atoms in total. The van der Waals surface area contributed by atoms with Crippen LogP contribution >= 0.6 is 0 Å². The first-order valence-electron chi connectivity index (χ1n) is 6.44. The summed E-state index contributed by atoms with van der Waals surface area (Å²) >= 11 is 0. The molecule has 0 saturated carbocycles. The fourth-order valence-corrected chi connectivity index (χ4v) is 1.89. The normalized spacial score (nSPS) is 11.7. The Hall–Kier alpha value is -2.76. The van der Waals surface area contributed by atoms with Gasteiger partial charge in [0.25, 0.3) is 5.91 Å². The van der Waals surface area contributed by atoms with Gasteiger partial charge >= 0.3 is 5.97 Å².